The first-order chi connectivity index (χ1) is 11.3. The summed E-state index contributed by atoms with van der Waals surface area (Å²) in [7, 11) is 0. The van der Waals surface area contributed by atoms with Crippen LogP contribution in [-0.2, 0) is 20.8 Å². The number of rotatable bonds is 6. The van der Waals surface area contributed by atoms with Crippen LogP contribution in [0.5, 0.6) is 0 Å². The molecular weight excluding hydrogens is 296 g/mol. The first kappa shape index (κ1) is 15.7. The first-order valence-electron chi connectivity index (χ1n) is 7.73. The highest BCUT2D eigenvalue weighted by Crippen LogP contribution is 2.19. The second-order valence-corrected chi connectivity index (χ2v) is 5.49. The second kappa shape index (κ2) is 7.89. The molecular formula is C17H20N2O4. The highest BCUT2D eigenvalue weighted by atomic mass is 16.6. The lowest BCUT2D eigenvalue weighted by molar-refractivity contribution is 0.0455. The van der Waals surface area contributed by atoms with Crippen molar-refractivity contribution in [2.45, 2.75) is 31.7 Å². The minimum atomic E-state index is -0.419. The molecule has 1 aliphatic heterocycles. The summed E-state index contributed by atoms with van der Waals surface area (Å²) in [4.78, 5) is 15.6. The molecule has 3 rings (SSSR count). The van der Waals surface area contributed by atoms with Crippen LogP contribution in [0.1, 0.15) is 18.4 Å². The fourth-order valence-corrected chi connectivity index (χ4v) is 2.51. The number of hydrogen-bond acceptors (Lipinski definition) is 5. The first-order valence-corrected chi connectivity index (χ1v) is 7.73. The van der Waals surface area contributed by atoms with Crippen molar-refractivity contribution in [2.75, 3.05) is 13.2 Å². The van der Waals surface area contributed by atoms with Gasteiger partial charge in [-0.05, 0) is 12.0 Å². The van der Waals surface area contributed by atoms with Crippen LogP contribution in [0.4, 0.5) is 4.79 Å². The molecule has 1 fully saturated rings. The van der Waals surface area contributed by atoms with Gasteiger partial charge < -0.3 is 14.2 Å². The highest BCUT2D eigenvalue weighted by molar-refractivity contribution is 5.70. The van der Waals surface area contributed by atoms with E-state index in [9.17, 15) is 4.79 Å². The molecule has 0 spiro atoms. The standard InChI is InChI=1S/C17H20N2O4/c20-17(19-8-7-18-13-19)23-16-10-15(22-12-16)6-9-21-11-14-4-2-1-3-5-14/h1-5,7-8,13,15-16H,6,9-12H2/t15?,16-/m1/s1. The van der Waals surface area contributed by atoms with Gasteiger partial charge in [-0.25, -0.2) is 14.3 Å². The van der Waals surface area contributed by atoms with Gasteiger partial charge in [0.15, 0.2) is 0 Å². The second-order valence-electron chi connectivity index (χ2n) is 5.49. The maximum atomic E-state index is 11.8. The molecule has 23 heavy (non-hydrogen) atoms. The fraction of sp³-hybridized carbons (Fsp3) is 0.412. The zero-order valence-electron chi connectivity index (χ0n) is 12.8. The Labute approximate surface area is 135 Å². The number of nitrogens with zero attached hydrogens (tertiary/aromatic N) is 2. The van der Waals surface area contributed by atoms with Gasteiger partial charge in [0, 0.05) is 25.4 Å². The van der Waals surface area contributed by atoms with Gasteiger partial charge in [0.2, 0.25) is 0 Å². The van der Waals surface area contributed by atoms with Gasteiger partial charge in [-0.1, -0.05) is 30.3 Å². The van der Waals surface area contributed by atoms with Crippen LogP contribution in [0.25, 0.3) is 0 Å². The van der Waals surface area contributed by atoms with Crippen LogP contribution >= 0.6 is 0 Å². The zero-order valence-corrected chi connectivity index (χ0v) is 12.8. The number of carbonyl (C=O) groups excluding carboxylic acids is 1. The molecule has 1 aliphatic rings. The van der Waals surface area contributed by atoms with Crippen LogP contribution in [0.3, 0.4) is 0 Å². The quantitative estimate of drug-likeness (QED) is 0.767. The third-order valence-electron chi connectivity index (χ3n) is 3.72. The molecule has 2 aromatic rings. The minimum absolute atomic E-state index is 0.0753. The van der Waals surface area contributed by atoms with E-state index in [0.717, 1.165) is 12.0 Å². The molecule has 1 saturated heterocycles. The number of carbonyl (C=O) groups is 1. The maximum Gasteiger partial charge on any atom is 0.419 e. The summed E-state index contributed by atoms with van der Waals surface area (Å²) in [5, 5.41) is 0. The van der Waals surface area contributed by atoms with Gasteiger partial charge in [-0.3, -0.25) is 0 Å². The molecule has 0 radical (unpaired) electrons. The predicted molar refractivity (Wildman–Crippen MR) is 83.0 cm³/mol. The Morgan fingerprint density at radius 3 is 3.00 bits per heavy atom. The van der Waals surface area contributed by atoms with Crippen LogP contribution < -0.4 is 0 Å². The molecule has 6 nitrogen and oxygen atoms in total. The van der Waals surface area contributed by atoms with Crippen molar-refractivity contribution in [1.82, 2.24) is 9.55 Å². The van der Waals surface area contributed by atoms with Crippen molar-refractivity contribution < 1.29 is 19.0 Å². The summed E-state index contributed by atoms with van der Waals surface area (Å²) in [6, 6.07) is 10.1. The average molecular weight is 316 g/mol. The number of imidazole rings is 1. The zero-order chi connectivity index (χ0) is 15.9. The van der Waals surface area contributed by atoms with Crippen molar-refractivity contribution in [3.05, 3.63) is 54.6 Å². The van der Waals surface area contributed by atoms with Crippen molar-refractivity contribution in [1.29, 1.82) is 0 Å². The molecule has 1 aromatic heterocycles. The van der Waals surface area contributed by atoms with Crippen molar-refractivity contribution in [3.63, 3.8) is 0 Å². The molecule has 0 amide bonds. The fourth-order valence-electron chi connectivity index (χ4n) is 2.51. The molecule has 122 valence electrons. The topological polar surface area (TPSA) is 62.6 Å². The predicted octanol–water partition coefficient (Wildman–Crippen LogP) is 2.63. The molecule has 6 heteroatoms. The molecule has 0 N–H and O–H groups in total. The van der Waals surface area contributed by atoms with E-state index in [2.05, 4.69) is 4.98 Å². The van der Waals surface area contributed by atoms with Gasteiger partial charge in [0.1, 0.15) is 12.4 Å². The van der Waals surface area contributed by atoms with Crippen LogP contribution in [0.2, 0.25) is 0 Å². The Bertz CT molecular complexity index is 600. The normalized spacial score (nSPS) is 20.5. The van der Waals surface area contributed by atoms with Gasteiger partial charge in [-0.2, -0.15) is 0 Å². The van der Waals surface area contributed by atoms with E-state index in [1.165, 1.54) is 10.9 Å². The molecule has 1 unspecified atom stereocenters. The van der Waals surface area contributed by atoms with E-state index < -0.39 is 6.09 Å². The Hall–Kier alpha value is -2.18. The van der Waals surface area contributed by atoms with Gasteiger partial charge in [-0.15, -0.1) is 0 Å². The maximum absolute atomic E-state index is 11.8. The largest absolute Gasteiger partial charge is 0.443 e. The van der Waals surface area contributed by atoms with E-state index in [0.29, 0.717) is 26.2 Å². The third-order valence-corrected chi connectivity index (χ3v) is 3.72. The van der Waals surface area contributed by atoms with Crippen molar-refractivity contribution in [2.24, 2.45) is 0 Å². The average Bonchev–Trinajstić information content (AvgIpc) is 3.24. The Balaban J connectivity index is 1.33. The van der Waals surface area contributed by atoms with Crippen LogP contribution in [0.15, 0.2) is 49.1 Å². The summed E-state index contributed by atoms with van der Waals surface area (Å²) < 4.78 is 18.0. The molecule has 0 saturated carbocycles. The van der Waals surface area contributed by atoms with E-state index in [-0.39, 0.29) is 12.2 Å². The van der Waals surface area contributed by atoms with E-state index in [1.807, 2.05) is 30.3 Å². The summed E-state index contributed by atoms with van der Waals surface area (Å²) in [5.74, 6) is 0. The molecule has 0 aliphatic carbocycles. The number of aromatic nitrogens is 2. The van der Waals surface area contributed by atoms with Gasteiger partial charge in [0.25, 0.3) is 0 Å². The van der Waals surface area contributed by atoms with Crippen molar-refractivity contribution >= 4 is 6.09 Å². The molecule has 1 aromatic carbocycles. The van der Waals surface area contributed by atoms with E-state index >= 15 is 0 Å². The number of benzene rings is 1. The SMILES string of the molecule is O=C(O[C@H]1COC(CCOCc2ccccc2)C1)n1ccnc1. The summed E-state index contributed by atoms with van der Waals surface area (Å²) >= 11 is 0. The number of hydrogen-bond donors (Lipinski definition) is 0. The van der Waals surface area contributed by atoms with Crippen molar-refractivity contribution in [3.8, 4) is 0 Å². The van der Waals surface area contributed by atoms with Gasteiger partial charge >= 0.3 is 6.09 Å². The third kappa shape index (κ3) is 4.64. The Morgan fingerprint density at radius 1 is 1.35 bits per heavy atom. The molecule has 2 heterocycles. The monoisotopic (exact) mass is 316 g/mol. The number of ether oxygens (including phenoxy) is 3. The van der Waals surface area contributed by atoms with E-state index in [1.54, 1.807) is 12.4 Å². The summed E-state index contributed by atoms with van der Waals surface area (Å²) in [6.07, 6.45) is 5.48. The van der Waals surface area contributed by atoms with Gasteiger partial charge in [0.05, 0.1) is 19.3 Å². The lowest BCUT2D eigenvalue weighted by Crippen LogP contribution is -2.21. The lowest BCUT2D eigenvalue weighted by atomic mass is 10.1. The van der Waals surface area contributed by atoms with Crippen LogP contribution in [-0.4, -0.2) is 41.1 Å². The van der Waals surface area contributed by atoms with E-state index in [4.69, 9.17) is 14.2 Å². The lowest BCUT2D eigenvalue weighted by Gasteiger charge is -2.11. The smallest absolute Gasteiger partial charge is 0.419 e. The highest BCUT2D eigenvalue weighted by Gasteiger charge is 2.28. The molecule has 2 atom stereocenters. The Morgan fingerprint density at radius 2 is 2.22 bits per heavy atom. The summed E-state index contributed by atoms with van der Waals surface area (Å²) in [5.41, 5.74) is 1.16. The Kier molecular flexibility index (Phi) is 5.39. The molecule has 0 bridgehead atoms. The minimum Gasteiger partial charge on any atom is -0.443 e. The summed E-state index contributed by atoms with van der Waals surface area (Å²) in [6.45, 7) is 1.66. The van der Waals surface area contributed by atoms with Crippen LogP contribution in [0, 0.1) is 0 Å².